The molecule has 8 heteroatoms. The Morgan fingerprint density at radius 3 is 2.52 bits per heavy atom. The number of hydrogen-bond acceptors (Lipinski definition) is 4. The van der Waals surface area contributed by atoms with Crippen molar-refractivity contribution in [3.8, 4) is 0 Å². The van der Waals surface area contributed by atoms with Gasteiger partial charge in [0.05, 0.1) is 12.3 Å². The molecule has 3 aliphatic rings. The normalized spacial score (nSPS) is 35.2. The minimum atomic E-state index is -3.40. The number of aromatic nitrogens is 2. The molecule has 1 saturated heterocycles. The van der Waals surface area contributed by atoms with Crippen LogP contribution in [0, 0.1) is 16.7 Å². The molecule has 0 aromatic carbocycles. The van der Waals surface area contributed by atoms with Gasteiger partial charge >= 0.3 is 5.69 Å². The third-order valence-electron chi connectivity index (χ3n) is 7.48. The fraction of sp³-hybridized carbons (Fsp3) is 0.765. The van der Waals surface area contributed by atoms with Gasteiger partial charge in [-0.25, -0.2) is 13.2 Å². The molecular weight excluding hydrogens is 342 g/mol. The van der Waals surface area contributed by atoms with Gasteiger partial charge in [0.1, 0.15) is 0 Å². The van der Waals surface area contributed by atoms with Crippen LogP contribution in [0.15, 0.2) is 15.7 Å². The lowest BCUT2D eigenvalue weighted by Gasteiger charge is -2.37. The van der Waals surface area contributed by atoms with E-state index in [1.165, 1.54) is 17.7 Å². The van der Waals surface area contributed by atoms with Gasteiger partial charge < -0.3 is 0 Å². The molecule has 2 heterocycles. The molecule has 3 atom stereocenters. The van der Waals surface area contributed by atoms with E-state index in [9.17, 15) is 18.0 Å². The molecule has 4 rings (SSSR count). The van der Waals surface area contributed by atoms with Crippen LogP contribution >= 0.6 is 0 Å². The van der Waals surface area contributed by atoms with Crippen molar-refractivity contribution in [2.24, 2.45) is 30.8 Å². The van der Waals surface area contributed by atoms with Crippen LogP contribution in [0.25, 0.3) is 0 Å². The van der Waals surface area contributed by atoms with E-state index in [0.717, 1.165) is 23.8 Å². The Balaban J connectivity index is 1.78. The summed E-state index contributed by atoms with van der Waals surface area (Å²) in [6.07, 6.45) is 2.92. The van der Waals surface area contributed by atoms with Crippen LogP contribution in [0.2, 0.25) is 0 Å². The Morgan fingerprint density at radius 1 is 1.20 bits per heavy atom. The molecule has 7 nitrogen and oxygen atoms in total. The highest BCUT2D eigenvalue weighted by atomic mass is 32.2. The number of rotatable bonds is 2. The fourth-order valence-electron chi connectivity index (χ4n) is 5.67. The first kappa shape index (κ1) is 17.0. The summed E-state index contributed by atoms with van der Waals surface area (Å²) < 4.78 is 29.9. The minimum Gasteiger partial charge on any atom is -0.299 e. The van der Waals surface area contributed by atoms with Gasteiger partial charge in [-0.2, -0.15) is 4.31 Å². The predicted molar refractivity (Wildman–Crippen MR) is 93.6 cm³/mol. The van der Waals surface area contributed by atoms with E-state index in [2.05, 4.69) is 13.8 Å². The van der Waals surface area contributed by atoms with Gasteiger partial charge in [0.25, 0.3) is 5.56 Å². The second-order valence-electron chi connectivity index (χ2n) is 8.54. The lowest BCUT2D eigenvalue weighted by molar-refractivity contribution is 0.111. The molecule has 0 radical (unpaired) electrons. The number of fused-ring (bicyclic) bond motifs is 1. The van der Waals surface area contributed by atoms with Crippen LogP contribution in [0.4, 0.5) is 0 Å². The van der Waals surface area contributed by atoms with E-state index in [1.807, 2.05) is 0 Å². The molecule has 3 fully saturated rings. The van der Waals surface area contributed by atoms with Crippen molar-refractivity contribution >= 4 is 10.0 Å². The summed E-state index contributed by atoms with van der Waals surface area (Å²) in [5.74, 6) is 0.732. The highest BCUT2D eigenvalue weighted by molar-refractivity contribution is 7.89. The van der Waals surface area contributed by atoms with Crippen molar-refractivity contribution < 1.29 is 8.42 Å². The maximum atomic E-state index is 13.0. The Bertz CT molecular complexity index is 975. The molecule has 2 bridgehead atoms. The van der Waals surface area contributed by atoms with Gasteiger partial charge in [0.15, 0.2) is 0 Å². The Labute approximate surface area is 147 Å². The zero-order chi connectivity index (χ0) is 18.4. The quantitative estimate of drug-likeness (QED) is 0.759. The van der Waals surface area contributed by atoms with Crippen LogP contribution < -0.4 is 11.2 Å². The first-order valence-corrected chi connectivity index (χ1v) is 10.4. The summed E-state index contributed by atoms with van der Waals surface area (Å²) in [5.41, 5.74) is -0.568. The van der Waals surface area contributed by atoms with Crippen molar-refractivity contribution in [1.82, 2.24) is 13.4 Å². The van der Waals surface area contributed by atoms with E-state index >= 15 is 0 Å². The standard InChI is InChI=1S/C17H25N3O4S/c1-16(2)11-5-6-17(16)10-25(23,24)20(13(17)7-11)9-12-8-14(21)19(4)15(22)18(12)3/h8,11,13H,5-7,9-10H2,1-4H3/t11-,13-,17?/m1/s1. The topological polar surface area (TPSA) is 81.4 Å². The zero-order valence-electron chi connectivity index (χ0n) is 15.2. The average Bonchev–Trinajstić information content (AvgIpc) is 2.99. The summed E-state index contributed by atoms with van der Waals surface area (Å²) in [5, 5.41) is 0. The van der Waals surface area contributed by atoms with Gasteiger partial charge in [0.2, 0.25) is 10.0 Å². The van der Waals surface area contributed by atoms with Gasteiger partial charge in [-0.3, -0.25) is 13.9 Å². The highest BCUT2D eigenvalue weighted by Gasteiger charge is 2.71. The summed E-state index contributed by atoms with van der Waals surface area (Å²) in [7, 11) is -0.394. The molecule has 1 aliphatic heterocycles. The van der Waals surface area contributed by atoms with Crippen LogP contribution in [0.1, 0.15) is 38.8 Å². The molecule has 1 aromatic heterocycles. The van der Waals surface area contributed by atoms with E-state index in [4.69, 9.17) is 0 Å². The molecule has 2 aliphatic carbocycles. The van der Waals surface area contributed by atoms with Gasteiger partial charge in [-0.05, 0) is 30.6 Å². The first-order valence-electron chi connectivity index (χ1n) is 8.77. The molecule has 1 spiro atoms. The molecular formula is C17H25N3O4S. The zero-order valence-corrected chi connectivity index (χ0v) is 16.0. The average molecular weight is 367 g/mol. The SMILES string of the molecule is Cn1c(CN2[C@@H]3C[C@H]4CCC3(CS2(=O)=O)C4(C)C)cc(=O)n(C)c1=O. The lowest BCUT2D eigenvalue weighted by Crippen LogP contribution is -2.43. The van der Waals surface area contributed by atoms with Crippen molar-refractivity contribution in [2.75, 3.05) is 5.75 Å². The Hall–Kier alpha value is -1.41. The van der Waals surface area contributed by atoms with Crippen LogP contribution in [-0.4, -0.2) is 33.7 Å². The van der Waals surface area contributed by atoms with Gasteiger partial charge in [-0.15, -0.1) is 0 Å². The number of hydrogen-bond donors (Lipinski definition) is 0. The molecule has 0 N–H and O–H groups in total. The summed E-state index contributed by atoms with van der Waals surface area (Å²) >= 11 is 0. The predicted octanol–water partition coefficient (Wildman–Crippen LogP) is 0.424. The second-order valence-corrected chi connectivity index (χ2v) is 10.5. The monoisotopic (exact) mass is 367 g/mol. The number of nitrogens with zero attached hydrogens (tertiary/aromatic N) is 3. The van der Waals surface area contributed by atoms with Gasteiger partial charge in [0, 0.05) is 37.3 Å². The van der Waals surface area contributed by atoms with Gasteiger partial charge in [-0.1, -0.05) is 13.8 Å². The molecule has 1 aromatic rings. The molecule has 0 amide bonds. The maximum absolute atomic E-state index is 13.0. The summed E-state index contributed by atoms with van der Waals surface area (Å²) in [6.45, 7) is 4.51. The van der Waals surface area contributed by atoms with E-state index in [-0.39, 0.29) is 29.2 Å². The highest BCUT2D eigenvalue weighted by Crippen LogP contribution is 2.70. The maximum Gasteiger partial charge on any atom is 0.330 e. The second kappa shape index (κ2) is 4.85. The third-order valence-corrected chi connectivity index (χ3v) is 9.45. The molecule has 2 saturated carbocycles. The Kier molecular flexibility index (Phi) is 3.30. The fourth-order valence-corrected chi connectivity index (χ4v) is 8.20. The van der Waals surface area contributed by atoms with E-state index < -0.39 is 21.3 Å². The molecule has 1 unspecified atom stereocenters. The van der Waals surface area contributed by atoms with Crippen molar-refractivity contribution in [1.29, 1.82) is 0 Å². The summed E-state index contributed by atoms with van der Waals surface area (Å²) in [4.78, 5) is 24.1. The van der Waals surface area contributed by atoms with Crippen molar-refractivity contribution in [3.05, 3.63) is 32.6 Å². The molecule has 25 heavy (non-hydrogen) atoms. The largest absolute Gasteiger partial charge is 0.330 e. The van der Waals surface area contributed by atoms with Crippen LogP contribution in [0.5, 0.6) is 0 Å². The summed E-state index contributed by atoms with van der Waals surface area (Å²) in [6, 6.07) is 1.35. The number of sulfonamides is 1. The first-order chi connectivity index (χ1) is 11.5. The molecule has 138 valence electrons. The smallest absolute Gasteiger partial charge is 0.299 e. The van der Waals surface area contributed by atoms with E-state index in [0.29, 0.717) is 11.6 Å². The van der Waals surface area contributed by atoms with E-state index in [1.54, 1.807) is 11.4 Å². The van der Waals surface area contributed by atoms with Crippen LogP contribution in [-0.2, 0) is 30.7 Å². The van der Waals surface area contributed by atoms with Crippen molar-refractivity contribution in [3.63, 3.8) is 0 Å². The Morgan fingerprint density at radius 2 is 1.88 bits per heavy atom. The van der Waals surface area contributed by atoms with Crippen LogP contribution in [0.3, 0.4) is 0 Å². The van der Waals surface area contributed by atoms with Crippen molar-refractivity contribution in [2.45, 2.75) is 45.7 Å². The minimum absolute atomic E-state index is 0.0121. The third kappa shape index (κ3) is 1.98. The lowest BCUT2D eigenvalue weighted by atomic mass is 9.69.